The van der Waals surface area contributed by atoms with Crippen molar-refractivity contribution in [2.75, 3.05) is 0 Å². The molecule has 1 aromatic heterocycles. The van der Waals surface area contributed by atoms with Crippen molar-refractivity contribution < 1.29 is 10.2 Å². The molecule has 1 unspecified atom stereocenters. The molecule has 0 bridgehead atoms. The molecule has 5 nitrogen and oxygen atoms in total. The van der Waals surface area contributed by atoms with E-state index in [0.29, 0.717) is 11.3 Å². The molecule has 2 aromatic carbocycles. The molecule has 0 aliphatic heterocycles. The molecule has 0 aliphatic rings. The van der Waals surface area contributed by atoms with E-state index in [1.165, 1.54) is 10.9 Å². The van der Waals surface area contributed by atoms with Gasteiger partial charge >= 0.3 is 0 Å². The molecule has 1 atom stereocenters. The maximum absolute atomic E-state index is 9.91. The fraction of sp³-hybridized carbons (Fsp3) is 0.200. The Balaban J connectivity index is 0.00000147. The number of aromatic nitrogens is 3. The summed E-state index contributed by atoms with van der Waals surface area (Å²) in [6, 6.07) is 12.4. The topological polar surface area (TPSA) is 71.2 Å². The molecular formula is C15H17N3O2. The number of rotatable bonds is 2. The smallest absolute Gasteiger partial charge is 0.143 e. The van der Waals surface area contributed by atoms with Gasteiger partial charge in [-0.25, -0.2) is 0 Å². The molecule has 0 amide bonds. The van der Waals surface area contributed by atoms with E-state index in [1.54, 1.807) is 19.1 Å². The van der Waals surface area contributed by atoms with E-state index < -0.39 is 6.10 Å². The van der Waals surface area contributed by atoms with E-state index in [4.69, 9.17) is 0 Å². The standard InChI is InChI=1S/C14H13N3O2.CH4/c1-9(18)10-6-7-14(19)13(8-10)17-15-11-4-2-3-5-12(11)16-17;/h2-9,18-19H,1H3;1H4. The number of nitrogens with zero attached hydrogens (tertiary/aromatic N) is 3. The van der Waals surface area contributed by atoms with Crippen molar-refractivity contribution in [3.8, 4) is 11.4 Å². The molecule has 3 aromatic rings. The van der Waals surface area contributed by atoms with Crippen LogP contribution in [-0.2, 0) is 0 Å². The summed E-state index contributed by atoms with van der Waals surface area (Å²) in [4.78, 5) is 1.38. The van der Waals surface area contributed by atoms with Gasteiger partial charge in [-0.3, -0.25) is 0 Å². The van der Waals surface area contributed by atoms with Gasteiger partial charge in [0.2, 0.25) is 0 Å². The van der Waals surface area contributed by atoms with Gasteiger partial charge in [0, 0.05) is 0 Å². The maximum atomic E-state index is 9.91. The predicted molar refractivity (Wildman–Crippen MR) is 77.9 cm³/mol. The number of phenolic OH excluding ortho intramolecular Hbond substituents is 1. The molecule has 0 saturated carbocycles. The van der Waals surface area contributed by atoms with Crippen LogP contribution in [-0.4, -0.2) is 25.2 Å². The number of phenols is 1. The van der Waals surface area contributed by atoms with Crippen LogP contribution in [0.3, 0.4) is 0 Å². The van der Waals surface area contributed by atoms with Gasteiger partial charge in [-0.15, -0.1) is 15.0 Å². The van der Waals surface area contributed by atoms with Gasteiger partial charge in [0.25, 0.3) is 0 Å². The van der Waals surface area contributed by atoms with Gasteiger partial charge in [0.15, 0.2) is 0 Å². The Morgan fingerprint density at radius 3 is 2.20 bits per heavy atom. The van der Waals surface area contributed by atoms with Gasteiger partial charge in [-0.2, -0.15) is 0 Å². The zero-order valence-electron chi connectivity index (χ0n) is 10.4. The SMILES string of the molecule is C.CC(O)c1ccc(O)c(-n2nc3ccccc3n2)c1. The lowest BCUT2D eigenvalue weighted by Crippen LogP contribution is -2.01. The van der Waals surface area contributed by atoms with Crippen molar-refractivity contribution in [1.82, 2.24) is 15.0 Å². The number of aromatic hydroxyl groups is 1. The van der Waals surface area contributed by atoms with Crippen molar-refractivity contribution in [2.24, 2.45) is 0 Å². The second-order valence-electron chi connectivity index (χ2n) is 4.40. The first kappa shape index (κ1) is 14.0. The Morgan fingerprint density at radius 2 is 1.65 bits per heavy atom. The zero-order valence-corrected chi connectivity index (χ0v) is 10.4. The first-order valence-corrected chi connectivity index (χ1v) is 5.98. The summed E-state index contributed by atoms with van der Waals surface area (Å²) >= 11 is 0. The highest BCUT2D eigenvalue weighted by Crippen LogP contribution is 2.25. The lowest BCUT2D eigenvalue weighted by atomic mass is 10.1. The van der Waals surface area contributed by atoms with E-state index >= 15 is 0 Å². The quantitative estimate of drug-likeness (QED) is 0.752. The molecule has 0 fully saturated rings. The molecule has 20 heavy (non-hydrogen) atoms. The number of benzene rings is 2. The summed E-state index contributed by atoms with van der Waals surface area (Å²) in [5.74, 6) is 0.0738. The average molecular weight is 271 g/mol. The lowest BCUT2D eigenvalue weighted by Gasteiger charge is -2.08. The monoisotopic (exact) mass is 271 g/mol. The Labute approximate surface area is 117 Å². The highest BCUT2D eigenvalue weighted by Gasteiger charge is 2.11. The average Bonchev–Trinajstić information content (AvgIpc) is 2.82. The van der Waals surface area contributed by atoms with Crippen LogP contribution in [0, 0.1) is 0 Å². The minimum Gasteiger partial charge on any atom is -0.506 e. The Hall–Kier alpha value is -2.40. The van der Waals surface area contributed by atoms with Crippen LogP contribution in [0.25, 0.3) is 16.7 Å². The predicted octanol–water partition coefficient (Wildman–Crippen LogP) is 2.82. The van der Waals surface area contributed by atoms with Crippen LogP contribution >= 0.6 is 0 Å². The fourth-order valence-electron chi connectivity index (χ4n) is 1.93. The molecule has 1 heterocycles. The summed E-state index contributed by atoms with van der Waals surface area (Å²) < 4.78 is 0. The Kier molecular flexibility index (Phi) is 3.72. The number of aliphatic hydroxyl groups excluding tert-OH is 1. The zero-order chi connectivity index (χ0) is 13.4. The van der Waals surface area contributed by atoms with Gasteiger partial charge in [-0.05, 0) is 36.8 Å². The number of hydrogen-bond donors (Lipinski definition) is 2. The third-order valence-corrected chi connectivity index (χ3v) is 2.98. The van der Waals surface area contributed by atoms with E-state index in [0.717, 1.165) is 11.0 Å². The number of aliphatic hydroxyl groups is 1. The van der Waals surface area contributed by atoms with Crippen molar-refractivity contribution in [3.63, 3.8) is 0 Å². The largest absolute Gasteiger partial charge is 0.506 e. The Bertz CT molecular complexity index is 702. The molecule has 5 heteroatoms. The number of fused-ring (bicyclic) bond motifs is 1. The van der Waals surface area contributed by atoms with Crippen molar-refractivity contribution >= 4 is 11.0 Å². The molecular weight excluding hydrogens is 254 g/mol. The highest BCUT2D eigenvalue weighted by atomic mass is 16.3. The van der Waals surface area contributed by atoms with Gasteiger partial charge in [0.05, 0.1) is 6.10 Å². The fourth-order valence-corrected chi connectivity index (χ4v) is 1.93. The molecule has 0 saturated heterocycles. The van der Waals surface area contributed by atoms with Crippen LogP contribution in [0.2, 0.25) is 0 Å². The third-order valence-electron chi connectivity index (χ3n) is 2.98. The van der Waals surface area contributed by atoms with Crippen LogP contribution in [0.4, 0.5) is 0 Å². The van der Waals surface area contributed by atoms with Crippen LogP contribution < -0.4 is 0 Å². The summed E-state index contributed by atoms with van der Waals surface area (Å²) in [5.41, 5.74) is 2.66. The highest BCUT2D eigenvalue weighted by molar-refractivity contribution is 5.73. The summed E-state index contributed by atoms with van der Waals surface area (Å²) in [5, 5.41) is 28.1. The van der Waals surface area contributed by atoms with Crippen LogP contribution in [0.5, 0.6) is 5.75 Å². The van der Waals surface area contributed by atoms with Gasteiger partial charge in [-0.1, -0.05) is 25.6 Å². The molecule has 3 rings (SSSR count). The van der Waals surface area contributed by atoms with Crippen molar-refractivity contribution in [2.45, 2.75) is 20.5 Å². The maximum Gasteiger partial charge on any atom is 0.143 e. The van der Waals surface area contributed by atoms with Gasteiger partial charge < -0.3 is 10.2 Å². The summed E-state index contributed by atoms with van der Waals surface area (Å²) in [7, 11) is 0. The first-order chi connectivity index (χ1) is 9.15. The van der Waals surface area contributed by atoms with Crippen molar-refractivity contribution in [1.29, 1.82) is 0 Å². The van der Waals surface area contributed by atoms with Crippen LogP contribution in [0.1, 0.15) is 26.0 Å². The molecule has 104 valence electrons. The summed E-state index contributed by atoms with van der Waals surface area (Å²) in [6.45, 7) is 1.67. The lowest BCUT2D eigenvalue weighted by molar-refractivity contribution is 0.199. The molecule has 0 spiro atoms. The number of hydrogen-bond acceptors (Lipinski definition) is 4. The minimum atomic E-state index is -0.607. The molecule has 0 aliphatic carbocycles. The second-order valence-corrected chi connectivity index (χ2v) is 4.40. The van der Waals surface area contributed by atoms with E-state index in [1.807, 2.05) is 24.3 Å². The molecule has 2 N–H and O–H groups in total. The summed E-state index contributed by atoms with van der Waals surface area (Å²) in [6.07, 6.45) is -0.607. The normalized spacial score (nSPS) is 12.1. The van der Waals surface area contributed by atoms with Crippen molar-refractivity contribution in [3.05, 3.63) is 48.0 Å². The van der Waals surface area contributed by atoms with E-state index in [2.05, 4.69) is 10.2 Å². The van der Waals surface area contributed by atoms with Gasteiger partial charge in [0.1, 0.15) is 22.5 Å². The van der Waals surface area contributed by atoms with Crippen LogP contribution in [0.15, 0.2) is 42.5 Å². The molecule has 0 radical (unpaired) electrons. The third kappa shape index (κ3) is 2.35. The Morgan fingerprint density at radius 1 is 1.05 bits per heavy atom. The van der Waals surface area contributed by atoms with E-state index in [-0.39, 0.29) is 13.2 Å². The second kappa shape index (κ2) is 5.30. The minimum absolute atomic E-state index is 0. The first-order valence-electron chi connectivity index (χ1n) is 5.98. The van der Waals surface area contributed by atoms with E-state index in [9.17, 15) is 10.2 Å².